The van der Waals surface area contributed by atoms with Crippen LogP contribution in [0, 0.1) is 10.8 Å². The molecule has 5 aromatic rings. The molecule has 9 rings (SSSR count). The monoisotopic (exact) mass is 831 g/mol. The molecule has 3 aromatic heterocycles. The highest BCUT2D eigenvalue weighted by molar-refractivity contribution is 5.88. The van der Waals surface area contributed by atoms with Crippen LogP contribution in [0.1, 0.15) is 84.2 Å². The van der Waals surface area contributed by atoms with Gasteiger partial charge in [-0.15, -0.1) is 0 Å². The molecule has 3 N–H and O–H groups in total. The van der Waals surface area contributed by atoms with E-state index < -0.39 is 5.60 Å². The van der Waals surface area contributed by atoms with Gasteiger partial charge in [-0.05, 0) is 101 Å². The highest BCUT2D eigenvalue weighted by Gasteiger charge is 2.46. The number of likely N-dealkylation sites (tertiary alicyclic amines) is 1. The van der Waals surface area contributed by atoms with Crippen molar-refractivity contribution in [2.45, 2.75) is 85.1 Å². The number of aromatic hydroxyl groups is 2. The summed E-state index contributed by atoms with van der Waals surface area (Å²) in [6.07, 6.45) is 8.21. The lowest BCUT2D eigenvalue weighted by molar-refractivity contribution is -0.0526. The average Bonchev–Trinajstić information content (AvgIpc) is 3.89. The largest absolute Gasteiger partial charge is 0.508 e. The van der Waals surface area contributed by atoms with Crippen molar-refractivity contribution in [3.05, 3.63) is 78.1 Å². The van der Waals surface area contributed by atoms with Gasteiger partial charge in [0.2, 0.25) is 0 Å². The van der Waals surface area contributed by atoms with E-state index in [1.54, 1.807) is 35.4 Å². The van der Waals surface area contributed by atoms with E-state index in [-0.39, 0.29) is 34.7 Å². The number of benzene rings is 2. The van der Waals surface area contributed by atoms with Crippen molar-refractivity contribution in [1.29, 1.82) is 0 Å². The van der Waals surface area contributed by atoms with Crippen LogP contribution in [0.2, 0.25) is 0 Å². The van der Waals surface area contributed by atoms with Crippen LogP contribution in [0.15, 0.2) is 71.9 Å². The number of fused-ring (bicyclic) bond motifs is 2. The maximum absolute atomic E-state index is 12.5. The fourth-order valence-electron chi connectivity index (χ4n) is 8.01. The van der Waals surface area contributed by atoms with Crippen molar-refractivity contribution in [2.24, 2.45) is 15.8 Å². The number of hydrogen-bond donors (Lipinski definition) is 3. The van der Waals surface area contributed by atoms with E-state index >= 15 is 0 Å². The highest BCUT2D eigenvalue weighted by atomic mass is 16.6. The van der Waals surface area contributed by atoms with Gasteiger partial charge in [0.15, 0.2) is 11.9 Å². The zero-order chi connectivity index (χ0) is 42.8. The molecule has 0 saturated carbocycles. The summed E-state index contributed by atoms with van der Waals surface area (Å²) >= 11 is 0. The molecule has 3 fully saturated rings. The lowest BCUT2D eigenvalue weighted by Crippen LogP contribution is -2.61. The van der Waals surface area contributed by atoms with Crippen LogP contribution < -0.4 is 14.8 Å². The van der Waals surface area contributed by atoms with Crippen molar-refractivity contribution < 1.29 is 34.0 Å². The van der Waals surface area contributed by atoms with Crippen LogP contribution in [-0.4, -0.2) is 98.8 Å². The third-order valence-electron chi connectivity index (χ3n) is 12.1. The Morgan fingerprint density at radius 1 is 0.869 bits per heavy atom. The van der Waals surface area contributed by atoms with E-state index in [9.17, 15) is 15.0 Å². The van der Waals surface area contributed by atoms with Gasteiger partial charge in [0.25, 0.3) is 0 Å². The number of ether oxygens (including phenoxy) is 4. The maximum atomic E-state index is 12.5. The Kier molecular flexibility index (Phi) is 11.9. The molecule has 1 unspecified atom stereocenters. The van der Waals surface area contributed by atoms with Crippen LogP contribution in [-0.2, 0) is 16.0 Å². The first-order valence-corrected chi connectivity index (χ1v) is 21.4. The normalized spacial score (nSPS) is 18.6. The average molecular weight is 832 g/mol. The van der Waals surface area contributed by atoms with Crippen molar-refractivity contribution in [1.82, 2.24) is 30.0 Å². The summed E-state index contributed by atoms with van der Waals surface area (Å²) in [4.78, 5) is 28.2. The van der Waals surface area contributed by atoms with E-state index in [1.807, 2.05) is 68.1 Å². The Bertz CT molecular complexity index is 2350. The first-order chi connectivity index (χ1) is 29.4. The number of phenols is 2. The zero-order valence-electron chi connectivity index (χ0n) is 35.8. The van der Waals surface area contributed by atoms with Gasteiger partial charge < -0.3 is 39.4 Å². The number of carbonyl (C=O) groups excluding carboxylic acids is 1. The second-order valence-electron chi connectivity index (χ2n) is 17.8. The number of aliphatic imine (C=N–C) groups is 1. The summed E-state index contributed by atoms with van der Waals surface area (Å²) < 4.78 is 26.1. The fourth-order valence-corrected chi connectivity index (χ4v) is 8.01. The Morgan fingerprint density at radius 3 is 2.08 bits per heavy atom. The lowest BCUT2D eigenvalue weighted by atomic mass is 9.78. The summed E-state index contributed by atoms with van der Waals surface area (Å²) in [6, 6.07) is 18.0. The lowest BCUT2D eigenvalue weighted by Gasteiger charge is -2.49. The SMILES string of the molecule is CCC1(COc2cc(-c3ccc(O)cc3)nc3c2C=NC3)CNC1.CCC1(COc2cc(-c3ccc(O)cc3)nc3c2cnn3C2CCCCO2)CN(C(=O)OC(C)(C)C)C1. The Balaban J connectivity index is 0.000000184. The van der Waals surface area contributed by atoms with E-state index in [0.29, 0.717) is 50.9 Å². The molecule has 14 heteroatoms. The molecule has 0 aliphatic carbocycles. The third kappa shape index (κ3) is 9.30. The minimum absolute atomic E-state index is 0.145. The number of pyridine rings is 2. The molecule has 2 aromatic carbocycles. The number of aromatic nitrogens is 4. The zero-order valence-corrected chi connectivity index (χ0v) is 35.8. The number of rotatable bonds is 11. The first-order valence-electron chi connectivity index (χ1n) is 21.4. The minimum atomic E-state index is -0.520. The summed E-state index contributed by atoms with van der Waals surface area (Å²) in [5.41, 5.74) is 5.65. The summed E-state index contributed by atoms with van der Waals surface area (Å²) in [5.74, 6) is 2.00. The molecule has 14 nitrogen and oxygen atoms in total. The minimum Gasteiger partial charge on any atom is -0.508 e. The highest BCUT2D eigenvalue weighted by Crippen LogP contribution is 2.39. The van der Waals surface area contributed by atoms with Gasteiger partial charge >= 0.3 is 6.09 Å². The van der Waals surface area contributed by atoms with Gasteiger partial charge in [-0.2, -0.15) is 5.10 Å². The van der Waals surface area contributed by atoms with Crippen LogP contribution in [0.3, 0.4) is 0 Å². The molecule has 3 saturated heterocycles. The second-order valence-corrected chi connectivity index (χ2v) is 17.8. The third-order valence-corrected chi connectivity index (χ3v) is 12.1. The molecule has 1 atom stereocenters. The summed E-state index contributed by atoms with van der Waals surface area (Å²) in [6.45, 7) is 15.6. The molecular weight excluding hydrogens is 775 g/mol. The van der Waals surface area contributed by atoms with Crippen molar-refractivity contribution in [3.63, 3.8) is 0 Å². The molecule has 61 heavy (non-hydrogen) atoms. The standard InChI is InChI=1S/C28H36N4O5.C19H21N3O2/c1-5-28(16-31(17-28)26(34)37-27(2,3)4)18-36-23-14-22(19-9-11-20(33)12-10-19)30-25-21(23)15-29-32(25)24-8-6-7-13-35-24;1-2-19(10-21-11-19)12-24-18-7-16(13-3-5-14(23)6-4-13)22-17-9-20-8-15(17)18/h9-12,14-15,24,33H,5-8,13,16-18H2,1-4H3;3-8,21,23H,2,9-12H2,1H3. The second kappa shape index (κ2) is 17.3. The van der Waals surface area contributed by atoms with Gasteiger partial charge in [0.05, 0.1) is 54.0 Å². The van der Waals surface area contributed by atoms with Gasteiger partial charge in [0.1, 0.15) is 28.6 Å². The van der Waals surface area contributed by atoms with Crippen LogP contribution in [0.5, 0.6) is 23.0 Å². The van der Waals surface area contributed by atoms with Gasteiger partial charge in [0, 0.05) is 73.1 Å². The first kappa shape index (κ1) is 42.0. The molecular formula is C47H57N7O7. The van der Waals surface area contributed by atoms with E-state index in [4.69, 9.17) is 28.9 Å². The van der Waals surface area contributed by atoms with Gasteiger partial charge in [-0.25, -0.2) is 19.4 Å². The molecule has 4 aliphatic rings. The van der Waals surface area contributed by atoms with Crippen molar-refractivity contribution in [2.75, 3.05) is 46.0 Å². The number of amides is 1. The van der Waals surface area contributed by atoms with Crippen LogP contribution in [0.4, 0.5) is 4.79 Å². The maximum Gasteiger partial charge on any atom is 0.410 e. The van der Waals surface area contributed by atoms with Crippen molar-refractivity contribution >= 4 is 23.3 Å². The molecule has 0 radical (unpaired) electrons. The number of phenolic OH excluding ortho intramolecular Hbond substituents is 2. The number of carbonyl (C=O) groups is 1. The number of hydrogen-bond acceptors (Lipinski definition) is 12. The van der Waals surface area contributed by atoms with Gasteiger partial charge in [-0.3, -0.25) is 4.99 Å². The summed E-state index contributed by atoms with van der Waals surface area (Å²) in [5, 5.41) is 28.0. The molecule has 0 bridgehead atoms. The van der Waals surface area contributed by atoms with E-state index in [0.717, 1.165) is 90.1 Å². The molecule has 7 heterocycles. The van der Waals surface area contributed by atoms with Gasteiger partial charge in [-0.1, -0.05) is 13.8 Å². The van der Waals surface area contributed by atoms with E-state index in [1.165, 1.54) is 0 Å². The Hall–Kier alpha value is -5.73. The molecule has 4 aliphatic heterocycles. The molecule has 1 amide bonds. The Labute approximate surface area is 356 Å². The Morgan fingerprint density at radius 2 is 1.49 bits per heavy atom. The van der Waals surface area contributed by atoms with Crippen molar-refractivity contribution in [3.8, 4) is 45.5 Å². The smallest absolute Gasteiger partial charge is 0.410 e. The number of nitrogens with zero attached hydrogens (tertiary/aromatic N) is 6. The topological polar surface area (TPSA) is 166 Å². The summed E-state index contributed by atoms with van der Waals surface area (Å²) in [7, 11) is 0. The van der Waals surface area contributed by atoms with E-state index in [2.05, 4.69) is 29.3 Å². The predicted molar refractivity (Wildman–Crippen MR) is 233 cm³/mol. The fraction of sp³-hybridized carbons (Fsp3) is 0.468. The number of nitrogens with one attached hydrogen (secondary N) is 1. The quantitative estimate of drug-likeness (QED) is 0.117. The van der Waals surface area contributed by atoms with Crippen LogP contribution in [0.25, 0.3) is 33.5 Å². The molecule has 322 valence electrons. The molecule has 0 spiro atoms. The van der Waals surface area contributed by atoms with Crippen LogP contribution >= 0.6 is 0 Å². The predicted octanol–water partition coefficient (Wildman–Crippen LogP) is 8.29.